The number of ether oxygens (including phenoxy) is 1. The summed E-state index contributed by atoms with van der Waals surface area (Å²) in [5, 5.41) is 12.5. The SMILES string of the molecule is Cc1ccc(-c2n[nH]c(=S)n2CC(=O)Nc2nc(CN3CC(C)OC(C)C3)cs2)cc1. The smallest absolute Gasteiger partial charge is 0.246 e. The molecule has 2 aromatic heterocycles. The lowest BCUT2D eigenvalue weighted by Crippen LogP contribution is -2.44. The minimum absolute atomic E-state index is 0.0615. The van der Waals surface area contributed by atoms with Gasteiger partial charge in [-0.15, -0.1) is 11.3 Å². The van der Waals surface area contributed by atoms with Crippen LogP contribution in [0.5, 0.6) is 0 Å². The van der Waals surface area contributed by atoms with Gasteiger partial charge in [0.15, 0.2) is 15.7 Å². The first kappa shape index (κ1) is 21.8. The van der Waals surface area contributed by atoms with Crippen LogP contribution in [-0.4, -0.2) is 55.9 Å². The number of rotatable bonds is 6. The van der Waals surface area contributed by atoms with Crippen molar-refractivity contribution in [1.29, 1.82) is 0 Å². The quantitative estimate of drug-likeness (QED) is 0.549. The van der Waals surface area contributed by atoms with Crippen LogP contribution in [0.2, 0.25) is 0 Å². The Morgan fingerprint density at radius 3 is 2.71 bits per heavy atom. The zero-order valence-electron chi connectivity index (χ0n) is 17.8. The zero-order valence-corrected chi connectivity index (χ0v) is 19.4. The molecule has 3 aromatic rings. The molecule has 1 aliphatic rings. The number of benzene rings is 1. The third kappa shape index (κ3) is 5.45. The Morgan fingerprint density at radius 1 is 1.29 bits per heavy atom. The van der Waals surface area contributed by atoms with E-state index in [4.69, 9.17) is 17.0 Å². The van der Waals surface area contributed by atoms with Crippen molar-refractivity contribution in [2.45, 2.75) is 46.1 Å². The minimum atomic E-state index is -0.194. The Bertz CT molecular complexity index is 1090. The number of hydrogen-bond acceptors (Lipinski definition) is 7. The molecule has 1 aromatic carbocycles. The number of hydrogen-bond donors (Lipinski definition) is 2. The summed E-state index contributed by atoms with van der Waals surface area (Å²) in [7, 11) is 0. The number of amides is 1. The van der Waals surface area contributed by atoms with E-state index < -0.39 is 0 Å². The van der Waals surface area contributed by atoms with Gasteiger partial charge < -0.3 is 10.1 Å². The number of carbonyl (C=O) groups excluding carboxylic acids is 1. The van der Waals surface area contributed by atoms with Gasteiger partial charge in [-0.05, 0) is 33.0 Å². The summed E-state index contributed by atoms with van der Waals surface area (Å²) < 4.78 is 7.88. The third-order valence-corrected chi connectivity index (χ3v) is 6.17. The fourth-order valence-corrected chi connectivity index (χ4v) is 4.68. The number of aryl methyl sites for hydroxylation is 1. The number of morpholine rings is 1. The molecule has 0 aliphatic carbocycles. The molecule has 1 amide bonds. The standard InChI is InChI=1S/C21H26N6O2S2/c1-13-4-6-16(7-5-13)19-24-25-21(30)27(19)11-18(28)23-20-22-17(12-31-20)10-26-8-14(2)29-15(3)9-26/h4-7,12,14-15H,8-11H2,1-3H3,(H,25,30)(H,22,23,28). The highest BCUT2D eigenvalue weighted by molar-refractivity contribution is 7.71. The van der Waals surface area contributed by atoms with Crippen LogP contribution in [-0.2, 0) is 22.6 Å². The molecule has 4 rings (SSSR count). The van der Waals surface area contributed by atoms with Crippen molar-refractivity contribution in [3.8, 4) is 11.4 Å². The lowest BCUT2D eigenvalue weighted by Gasteiger charge is -2.34. The summed E-state index contributed by atoms with van der Waals surface area (Å²) in [5.41, 5.74) is 3.00. The Balaban J connectivity index is 1.40. The van der Waals surface area contributed by atoms with E-state index in [1.54, 1.807) is 4.57 Å². The maximum atomic E-state index is 12.7. The number of H-pyrrole nitrogens is 1. The average molecular weight is 459 g/mol. The Labute approximate surface area is 190 Å². The van der Waals surface area contributed by atoms with E-state index in [-0.39, 0.29) is 24.7 Å². The second kappa shape index (κ2) is 9.39. The molecule has 0 bridgehead atoms. The molecule has 2 unspecified atom stereocenters. The van der Waals surface area contributed by atoms with Crippen molar-refractivity contribution in [2.24, 2.45) is 0 Å². The lowest BCUT2D eigenvalue weighted by molar-refractivity contribution is -0.116. The fraction of sp³-hybridized carbons (Fsp3) is 0.429. The summed E-state index contributed by atoms with van der Waals surface area (Å²) in [6, 6.07) is 7.94. The average Bonchev–Trinajstić information content (AvgIpc) is 3.28. The maximum Gasteiger partial charge on any atom is 0.246 e. The summed E-state index contributed by atoms with van der Waals surface area (Å²) >= 11 is 6.76. The van der Waals surface area contributed by atoms with Gasteiger partial charge in [-0.25, -0.2) is 4.98 Å². The highest BCUT2D eigenvalue weighted by atomic mass is 32.1. The van der Waals surface area contributed by atoms with Crippen LogP contribution >= 0.6 is 23.6 Å². The van der Waals surface area contributed by atoms with Crippen molar-refractivity contribution in [3.05, 3.63) is 45.7 Å². The van der Waals surface area contributed by atoms with Gasteiger partial charge in [-0.3, -0.25) is 19.4 Å². The molecule has 31 heavy (non-hydrogen) atoms. The second-order valence-electron chi connectivity index (χ2n) is 7.95. The molecule has 0 spiro atoms. The minimum Gasteiger partial charge on any atom is -0.373 e. The van der Waals surface area contributed by atoms with E-state index in [0.29, 0.717) is 15.7 Å². The Morgan fingerprint density at radius 2 is 2.00 bits per heavy atom. The van der Waals surface area contributed by atoms with Gasteiger partial charge in [0.1, 0.15) is 6.54 Å². The molecule has 8 nitrogen and oxygen atoms in total. The number of nitrogens with one attached hydrogen (secondary N) is 2. The molecule has 2 N–H and O–H groups in total. The highest BCUT2D eigenvalue weighted by Crippen LogP contribution is 2.21. The number of nitrogens with zero attached hydrogens (tertiary/aromatic N) is 4. The van der Waals surface area contributed by atoms with Crippen LogP contribution in [0.25, 0.3) is 11.4 Å². The van der Waals surface area contributed by atoms with E-state index in [0.717, 1.165) is 36.5 Å². The molecule has 1 aliphatic heterocycles. The number of aromatic amines is 1. The first-order chi connectivity index (χ1) is 14.9. The second-order valence-corrected chi connectivity index (χ2v) is 9.19. The predicted molar refractivity (Wildman–Crippen MR) is 124 cm³/mol. The first-order valence-electron chi connectivity index (χ1n) is 10.2. The van der Waals surface area contributed by atoms with Gasteiger partial charge in [0.25, 0.3) is 0 Å². The number of thiazole rings is 1. The van der Waals surface area contributed by atoms with Crippen molar-refractivity contribution in [3.63, 3.8) is 0 Å². The Kier molecular flexibility index (Phi) is 6.61. The lowest BCUT2D eigenvalue weighted by atomic mass is 10.1. The summed E-state index contributed by atoms with van der Waals surface area (Å²) in [5.74, 6) is 0.441. The van der Waals surface area contributed by atoms with Crippen molar-refractivity contribution in [1.82, 2.24) is 24.6 Å². The van der Waals surface area contributed by atoms with Gasteiger partial charge in [-0.2, -0.15) is 5.10 Å². The molecule has 2 atom stereocenters. The normalized spacial score (nSPS) is 19.5. The van der Waals surface area contributed by atoms with Crippen molar-refractivity contribution in [2.75, 3.05) is 18.4 Å². The predicted octanol–water partition coefficient (Wildman–Crippen LogP) is 3.62. The molecule has 1 fully saturated rings. The monoisotopic (exact) mass is 458 g/mol. The van der Waals surface area contributed by atoms with E-state index >= 15 is 0 Å². The van der Waals surface area contributed by atoms with Crippen molar-refractivity contribution < 1.29 is 9.53 Å². The van der Waals surface area contributed by atoms with Gasteiger partial charge in [0, 0.05) is 30.6 Å². The summed E-state index contributed by atoms with van der Waals surface area (Å²) in [4.78, 5) is 19.6. The Hall–Kier alpha value is -2.40. The maximum absolute atomic E-state index is 12.7. The molecular formula is C21H26N6O2S2. The van der Waals surface area contributed by atoms with Crippen LogP contribution in [0, 0.1) is 11.7 Å². The molecular weight excluding hydrogens is 432 g/mol. The molecule has 1 saturated heterocycles. The number of aromatic nitrogens is 4. The summed E-state index contributed by atoms with van der Waals surface area (Å²) in [6.45, 7) is 8.76. The number of anilines is 1. The topological polar surface area (TPSA) is 88.1 Å². The van der Waals surface area contributed by atoms with Gasteiger partial charge in [0.05, 0.1) is 17.9 Å². The van der Waals surface area contributed by atoms with E-state index in [1.807, 2.05) is 36.6 Å². The zero-order chi connectivity index (χ0) is 22.0. The molecule has 3 heterocycles. The van der Waals surface area contributed by atoms with E-state index in [2.05, 4.69) is 39.2 Å². The number of carbonyl (C=O) groups is 1. The molecule has 0 radical (unpaired) electrons. The van der Waals surface area contributed by atoms with Gasteiger partial charge in [0.2, 0.25) is 5.91 Å². The third-order valence-electron chi connectivity index (χ3n) is 5.05. The van der Waals surface area contributed by atoms with Crippen LogP contribution in [0.3, 0.4) is 0 Å². The van der Waals surface area contributed by atoms with Crippen LogP contribution in [0.4, 0.5) is 5.13 Å². The molecule has 0 saturated carbocycles. The van der Waals surface area contributed by atoms with Crippen LogP contribution in [0.15, 0.2) is 29.6 Å². The largest absolute Gasteiger partial charge is 0.373 e. The fourth-order valence-electron chi connectivity index (χ4n) is 3.77. The van der Waals surface area contributed by atoms with Gasteiger partial charge in [-0.1, -0.05) is 29.8 Å². The first-order valence-corrected chi connectivity index (χ1v) is 11.5. The summed E-state index contributed by atoms with van der Waals surface area (Å²) in [6.07, 6.45) is 0.424. The van der Waals surface area contributed by atoms with Crippen molar-refractivity contribution >= 4 is 34.6 Å². The molecule has 164 valence electrons. The van der Waals surface area contributed by atoms with Crippen LogP contribution < -0.4 is 5.32 Å². The van der Waals surface area contributed by atoms with Crippen LogP contribution in [0.1, 0.15) is 25.1 Å². The molecule has 10 heteroatoms. The van der Waals surface area contributed by atoms with Gasteiger partial charge >= 0.3 is 0 Å². The van der Waals surface area contributed by atoms with E-state index in [1.165, 1.54) is 11.3 Å². The highest BCUT2D eigenvalue weighted by Gasteiger charge is 2.23. The van der Waals surface area contributed by atoms with E-state index in [9.17, 15) is 4.79 Å².